The van der Waals surface area contributed by atoms with Crippen LogP contribution in [0.15, 0.2) is 0 Å². The molecule has 7 heteroatoms. The van der Waals surface area contributed by atoms with Crippen molar-refractivity contribution in [1.29, 1.82) is 0 Å². The van der Waals surface area contributed by atoms with Crippen LogP contribution in [-0.2, 0) is 17.1 Å². The molecule has 0 bridgehead atoms. The minimum atomic E-state index is -3.88. The van der Waals surface area contributed by atoms with E-state index in [0.29, 0.717) is 0 Å². The number of hydrogen-bond acceptors (Lipinski definition) is 5. The molecule has 0 saturated carbocycles. The molecule has 5 nitrogen and oxygen atoms in total. The van der Waals surface area contributed by atoms with Crippen molar-refractivity contribution in [1.82, 2.24) is 0 Å². The quantitative estimate of drug-likeness (QED) is 0.0499. The first-order valence-corrected chi connectivity index (χ1v) is 31.6. The van der Waals surface area contributed by atoms with Gasteiger partial charge in [-0.2, -0.15) is 0 Å². The van der Waals surface area contributed by atoms with Gasteiger partial charge in [0.1, 0.15) is 0 Å². The molecule has 0 fully saturated rings. The van der Waals surface area contributed by atoms with Crippen molar-refractivity contribution >= 4 is 50.3 Å². The van der Waals surface area contributed by atoms with E-state index in [0.717, 1.165) is 43.4 Å². The second kappa shape index (κ2) is 29.9. The summed E-state index contributed by atoms with van der Waals surface area (Å²) in [7, 11) is 0. The van der Waals surface area contributed by atoms with Crippen LogP contribution in [0.5, 0.6) is 0 Å². The van der Waals surface area contributed by atoms with Crippen LogP contribution in [-0.4, -0.2) is 50.3 Å². The fourth-order valence-electron chi connectivity index (χ4n) is 6.26. The Morgan fingerprint density at radius 1 is 0.372 bits per heavy atom. The summed E-state index contributed by atoms with van der Waals surface area (Å²) >= 11 is -7.77. The average Bonchev–Trinajstić information content (AvgIpc) is 2.95. The molecule has 256 valence electrons. The van der Waals surface area contributed by atoms with E-state index < -0.39 is 38.4 Å². The molecular weight excluding hydrogens is 750 g/mol. The molecule has 0 atom stereocenters. The van der Waals surface area contributed by atoms with Gasteiger partial charge in [-0.25, -0.2) is 0 Å². The molecule has 0 saturated heterocycles. The number of unbranched alkanes of at least 4 members (excludes halogenated alkanes) is 20. The van der Waals surface area contributed by atoms with Gasteiger partial charge in [-0.3, -0.25) is 0 Å². The Bertz CT molecular complexity index is 572. The zero-order valence-electron chi connectivity index (χ0n) is 29.8. The summed E-state index contributed by atoms with van der Waals surface area (Å²) in [5.41, 5.74) is 0. The molecule has 0 amide bonds. The third kappa shape index (κ3) is 25.3. The van der Waals surface area contributed by atoms with E-state index in [4.69, 9.17) is 7.56 Å². The summed E-state index contributed by atoms with van der Waals surface area (Å²) in [5.74, 6) is -0.371. The van der Waals surface area contributed by atoms with Crippen molar-refractivity contribution in [2.24, 2.45) is 0 Å². The maximum atomic E-state index is 12.7. The monoisotopic (exact) mass is 826 g/mol. The van der Waals surface area contributed by atoms with Crippen LogP contribution < -0.4 is 0 Å². The molecule has 43 heavy (non-hydrogen) atoms. The van der Waals surface area contributed by atoms with Gasteiger partial charge in [0.25, 0.3) is 0 Å². The normalized spacial score (nSPS) is 12.0. The first kappa shape index (κ1) is 43.5. The summed E-state index contributed by atoms with van der Waals surface area (Å²) in [6, 6.07) is 0. The van der Waals surface area contributed by atoms with E-state index in [1.165, 1.54) is 128 Å². The number of carbonyl (C=O) groups excluding carboxylic acids is 2. The number of rotatable bonds is 32. The molecule has 0 aromatic rings. The predicted molar refractivity (Wildman–Crippen MR) is 189 cm³/mol. The predicted octanol–water partition coefficient (Wildman–Crippen LogP) is 12.5. The topological polar surface area (TPSA) is 61.8 Å². The van der Waals surface area contributed by atoms with Crippen LogP contribution in [0.1, 0.15) is 196 Å². The van der Waals surface area contributed by atoms with Gasteiger partial charge >= 0.3 is 281 Å². The van der Waals surface area contributed by atoms with Crippen LogP contribution in [0.3, 0.4) is 0 Å². The van der Waals surface area contributed by atoms with Gasteiger partial charge < -0.3 is 0 Å². The van der Waals surface area contributed by atoms with Crippen molar-refractivity contribution in [3.05, 3.63) is 0 Å². The Balaban J connectivity index is 6.03. The van der Waals surface area contributed by atoms with Crippen LogP contribution in [0.2, 0.25) is 17.7 Å². The SMILES string of the molecule is CCCCCCC[CH2][Sn]([CH2]CCCCCCC)([O]C(C)=O)[O][Sn]([CH2]CCCCCCC)([CH2]CCCCCCC)[O]C(C)=O. The first-order valence-electron chi connectivity index (χ1n) is 18.9. The maximum absolute atomic E-state index is 12.7. The second-order valence-corrected chi connectivity index (χ2v) is 34.9. The second-order valence-electron chi connectivity index (χ2n) is 13.2. The molecule has 0 aliphatic rings. The molecule has 0 N–H and O–H groups in total. The standard InChI is InChI=1S/4C8H17.2C2H4O2.O.2Sn/c4*1-3-5-7-8-6-4-2;2*1-2(3)4;;;/h4*1,3-8H2,2H3;2*1H3,(H,3,4);;;/q;;;;;;;2*+1/p-2. The first-order chi connectivity index (χ1) is 20.8. The van der Waals surface area contributed by atoms with Gasteiger partial charge in [-0.1, -0.05) is 0 Å². The van der Waals surface area contributed by atoms with Gasteiger partial charge in [0.05, 0.1) is 0 Å². The van der Waals surface area contributed by atoms with E-state index >= 15 is 0 Å². The molecule has 0 aromatic heterocycles. The van der Waals surface area contributed by atoms with Crippen LogP contribution in [0, 0.1) is 0 Å². The average molecular weight is 824 g/mol. The van der Waals surface area contributed by atoms with Crippen LogP contribution in [0.4, 0.5) is 0 Å². The van der Waals surface area contributed by atoms with Crippen LogP contribution >= 0.6 is 0 Å². The Morgan fingerprint density at radius 3 is 0.791 bits per heavy atom. The Hall–Kier alpha value is 0.497. The summed E-state index contributed by atoms with van der Waals surface area (Å²) < 4.78 is 24.1. The third-order valence-corrected chi connectivity index (χ3v) is 41.5. The number of hydrogen-bond donors (Lipinski definition) is 0. The number of carbonyl (C=O) groups is 2. The fourth-order valence-corrected chi connectivity index (χ4v) is 46.6. The van der Waals surface area contributed by atoms with Gasteiger partial charge in [-0.05, 0) is 0 Å². The van der Waals surface area contributed by atoms with E-state index in [2.05, 4.69) is 27.7 Å². The van der Waals surface area contributed by atoms with Gasteiger partial charge in [0.2, 0.25) is 0 Å². The van der Waals surface area contributed by atoms with Gasteiger partial charge in [0.15, 0.2) is 0 Å². The molecule has 0 aromatic carbocycles. The summed E-state index contributed by atoms with van der Waals surface area (Å²) in [5, 5.41) is 0. The molecule has 0 spiro atoms. The molecule has 0 unspecified atom stereocenters. The van der Waals surface area contributed by atoms with E-state index in [1.54, 1.807) is 13.8 Å². The molecule has 0 rings (SSSR count). The molecule has 0 heterocycles. The van der Waals surface area contributed by atoms with Crippen molar-refractivity contribution in [2.45, 2.75) is 213 Å². The van der Waals surface area contributed by atoms with Gasteiger partial charge in [0, 0.05) is 0 Å². The summed E-state index contributed by atoms with van der Waals surface area (Å²) in [4.78, 5) is 25.4. The van der Waals surface area contributed by atoms with Crippen molar-refractivity contribution in [3.8, 4) is 0 Å². The Morgan fingerprint density at radius 2 is 0.581 bits per heavy atom. The van der Waals surface area contributed by atoms with E-state index in [1.807, 2.05) is 0 Å². The minimum absolute atomic E-state index is 0.185. The van der Waals surface area contributed by atoms with Crippen molar-refractivity contribution in [3.63, 3.8) is 0 Å². The molecule has 0 aliphatic heterocycles. The third-order valence-electron chi connectivity index (χ3n) is 8.68. The zero-order valence-corrected chi connectivity index (χ0v) is 35.5. The van der Waals surface area contributed by atoms with E-state index in [-0.39, 0.29) is 11.9 Å². The summed E-state index contributed by atoms with van der Waals surface area (Å²) in [6.45, 7) is 12.2. The Kier molecular flexibility index (Phi) is 30.2. The summed E-state index contributed by atoms with van der Waals surface area (Å²) in [6.07, 6.45) is 29.1. The van der Waals surface area contributed by atoms with Gasteiger partial charge in [-0.15, -0.1) is 0 Å². The molecule has 0 radical (unpaired) electrons. The zero-order chi connectivity index (χ0) is 32.1. The van der Waals surface area contributed by atoms with E-state index in [9.17, 15) is 9.59 Å². The van der Waals surface area contributed by atoms with Crippen molar-refractivity contribution < 1.29 is 17.1 Å². The molecular formula is C36H74O5Sn2. The Labute approximate surface area is 279 Å². The van der Waals surface area contributed by atoms with Crippen LogP contribution in [0.25, 0.3) is 0 Å². The molecule has 0 aliphatic carbocycles. The van der Waals surface area contributed by atoms with Crippen molar-refractivity contribution in [2.75, 3.05) is 0 Å². The fraction of sp³-hybridized carbons (Fsp3) is 0.944.